The fourth-order valence-corrected chi connectivity index (χ4v) is 2.02. The molecule has 1 rings (SSSR count). The van der Waals surface area contributed by atoms with E-state index in [4.69, 9.17) is 0 Å². The lowest BCUT2D eigenvalue weighted by Gasteiger charge is -2.16. The van der Waals surface area contributed by atoms with Gasteiger partial charge in [0.2, 0.25) is 0 Å². The van der Waals surface area contributed by atoms with Gasteiger partial charge in [0.05, 0.1) is 21.8 Å². The van der Waals surface area contributed by atoms with Gasteiger partial charge in [0.25, 0.3) is 0 Å². The SMILES string of the molecule is COc1c(I)cc(C(F)(F)F)cc1C(F)(F)F. The number of rotatable bonds is 1. The smallest absolute Gasteiger partial charge is 0.420 e. The molecule has 8 heteroatoms. The summed E-state index contributed by atoms with van der Waals surface area (Å²) in [6.45, 7) is 0. The number of hydrogen-bond acceptors (Lipinski definition) is 1. The Hall–Kier alpha value is -0.670. The van der Waals surface area contributed by atoms with Crippen LogP contribution in [0.15, 0.2) is 12.1 Å². The number of ether oxygens (including phenoxy) is 1. The zero-order chi connectivity index (χ0) is 13.4. The Balaban J connectivity index is 3.51. The third-order valence-corrected chi connectivity index (χ3v) is 2.68. The van der Waals surface area contributed by atoms with Gasteiger partial charge in [0.1, 0.15) is 5.75 Å². The lowest BCUT2D eigenvalue weighted by Crippen LogP contribution is -2.13. The maximum absolute atomic E-state index is 12.5. The topological polar surface area (TPSA) is 9.23 Å². The van der Waals surface area contributed by atoms with Crippen LogP contribution in [0.2, 0.25) is 0 Å². The fraction of sp³-hybridized carbons (Fsp3) is 0.333. The van der Waals surface area contributed by atoms with E-state index in [1.54, 1.807) is 0 Å². The normalized spacial score (nSPS) is 12.7. The molecule has 1 aromatic carbocycles. The van der Waals surface area contributed by atoms with Crippen molar-refractivity contribution in [2.24, 2.45) is 0 Å². The standard InChI is InChI=1S/C9H5F6IO/c1-17-7-5(9(13,14)15)2-4(3-6(7)16)8(10,11)12/h2-3H,1H3. The fourth-order valence-electron chi connectivity index (χ4n) is 1.18. The van der Waals surface area contributed by atoms with E-state index in [9.17, 15) is 26.3 Å². The second-order valence-electron chi connectivity index (χ2n) is 3.03. The van der Waals surface area contributed by atoms with Gasteiger partial charge in [-0.05, 0) is 34.7 Å². The maximum Gasteiger partial charge on any atom is 0.420 e. The summed E-state index contributed by atoms with van der Waals surface area (Å²) in [5, 5.41) is 0. The van der Waals surface area contributed by atoms with Crippen LogP contribution in [0.3, 0.4) is 0 Å². The molecule has 0 unspecified atom stereocenters. The van der Waals surface area contributed by atoms with E-state index >= 15 is 0 Å². The van der Waals surface area contributed by atoms with Crippen LogP contribution in [0.5, 0.6) is 5.75 Å². The Morgan fingerprint density at radius 1 is 1.00 bits per heavy atom. The highest BCUT2D eigenvalue weighted by Crippen LogP contribution is 2.42. The first-order chi connectivity index (χ1) is 7.57. The van der Waals surface area contributed by atoms with Crippen LogP contribution in [-0.4, -0.2) is 7.11 Å². The molecule has 0 aliphatic rings. The summed E-state index contributed by atoms with van der Waals surface area (Å²) in [6, 6.07) is 0.648. The molecule has 0 N–H and O–H groups in total. The van der Waals surface area contributed by atoms with E-state index in [0.29, 0.717) is 6.07 Å². The molecule has 0 aliphatic heterocycles. The maximum atomic E-state index is 12.5. The minimum absolute atomic E-state index is 0.0427. The molecule has 0 bridgehead atoms. The van der Waals surface area contributed by atoms with Gasteiger partial charge < -0.3 is 4.74 Å². The second-order valence-corrected chi connectivity index (χ2v) is 4.20. The zero-order valence-electron chi connectivity index (χ0n) is 8.21. The van der Waals surface area contributed by atoms with Crippen molar-refractivity contribution in [1.82, 2.24) is 0 Å². The zero-order valence-corrected chi connectivity index (χ0v) is 10.4. The molecule has 17 heavy (non-hydrogen) atoms. The summed E-state index contributed by atoms with van der Waals surface area (Å²) in [4.78, 5) is 0. The van der Waals surface area contributed by atoms with Crippen molar-refractivity contribution in [1.29, 1.82) is 0 Å². The van der Waals surface area contributed by atoms with E-state index in [0.717, 1.165) is 7.11 Å². The van der Waals surface area contributed by atoms with Crippen LogP contribution in [0.1, 0.15) is 11.1 Å². The minimum atomic E-state index is -4.90. The molecule has 0 radical (unpaired) electrons. The van der Waals surface area contributed by atoms with Gasteiger partial charge in [-0.2, -0.15) is 26.3 Å². The van der Waals surface area contributed by atoms with Gasteiger partial charge in [0.15, 0.2) is 0 Å². The Bertz CT molecular complexity index is 423. The van der Waals surface area contributed by atoms with Gasteiger partial charge in [-0.25, -0.2) is 0 Å². The average molecular weight is 370 g/mol. The third kappa shape index (κ3) is 3.17. The average Bonchev–Trinajstić information content (AvgIpc) is 2.13. The lowest BCUT2D eigenvalue weighted by atomic mass is 10.1. The quantitative estimate of drug-likeness (QED) is 0.528. The Morgan fingerprint density at radius 3 is 1.88 bits per heavy atom. The van der Waals surface area contributed by atoms with Gasteiger partial charge in [0, 0.05) is 0 Å². The molecule has 0 aromatic heterocycles. The first-order valence-corrected chi connectivity index (χ1v) is 5.17. The Kier molecular flexibility index (Phi) is 3.84. The minimum Gasteiger partial charge on any atom is -0.495 e. The molecular formula is C9H5F6IO. The third-order valence-electron chi connectivity index (χ3n) is 1.88. The molecule has 0 amide bonds. The summed E-state index contributed by atoms with van der Waals surface area (Å²) in [7, 11) is 0.972. The number of benzene rings is 1. The van der Waals surface area contributed by atoms with Crippen molar-refractivity contribution in [3.05, 3.63) is 26.8 Å². The highest BCUT2D eigenvalue weighted by Gasteiger charge is 2.39. The van der Waals surface area contributed by atoms with E-state index in [1.165, 1.54) is 22.6 Å². The first kappa shape index (κ1) is 14.4. The van der Waals surface area contributed by atoms with Crippen LogP contribution in [0.25, 0.3) is 0 Å². The van der Waals surface area contributed by atoms with Crippen LogP contribution in [0, 0.1) is 3.57 Å². The molecular weight excluding hydrogens is 365 g/mol. The van der Waals surface area contributed by atoms with Gasteiger partial charge in [-0.1, -0.05) is 0 Å². The van der Waals surface area contributed by atoms with Crippen molar-refractivity contribution >= 4 is 22.6 Å². The number of halogens is 7. The van der Waals surface area contributed by atoms with E-state index in [-0.39, 0.29) is 9.64 Å². The molecule has 0 spiro atoms. The van der Waals surface area contributed by atoms with Crippen LogP contribution in [-0.2, 0) is 12.4 Å². The molecule has 0 saturated carbocycles. The van der Waals surface area contributed by atoms with E-state index in [2.05, 4.69) is 4.74 Å². The highest BCUT2D eigenvalue weighted by molar-refractivity contribution is 14.1. The first-order valence-electron chi connectivity index (χ1n) is 4.09. The van der Waals surface area contributed by atoms with Crippen molar-refractivity contribution in [3.8, 4) is 5.75 Å². The van der Waals surface area contributed by atoms with Gasteiger partial charge >= 0.3 is 12.4 Å². The van der Waals surface area contributed by atoms with Crippen molar-refractivity contribution in [2.45, 2.75) is 12.4 Å². The predicted octanol–water partition coefficient (Wildman–Crippen LogP) is 4.34. The Labute approximate surface area is 106 Å². The van der Waals surface area contributed by atoms with Crippen molar-refractivity contribution in [2.75, 3.05) is 7.11 Å². The number of hydrogen-bond donors (Lipinski definition) is 0. The number of alkyl halides is 6. The second kappa shape index (κ2) is 4.54. The molecule has 0 fully saturated rings. The monoisotopic (exact) mass is 370 g/mol. The van der Waals surface area contributed by atoms with E-state index in [1.807, 2.05) is 0 Å². The lowest BCUT2D eigenvalue weighted by molar-refractivity contribution is -0.143. The Morgan fingerprint density at radius 2 is 1.53 bits per heavy atom. The summed E-state index contributed by atoms with van der Waals surface area (Å²) in [6.07, 6.45) is -9.72. The number of methoxy groups -OCH3 is 1. The molecule has 96 valence electrons. The van der Waals surface area contributed by atoms with Crippen molar-refractivity contribution in [3.63, 3.8) is 0 Å². The van der Waals surface area contributed by atoms with Crippen LogP contribution >= 0.6 is 22.6 Å². The highest BCUT2D eigenvalue weighted by atomic mass is 127. The molecule has 0 atom stereocenters. The summed E-state index contributed by atoms with van der Waals surface area (Å²) < 4.78 is 78.9. The summed E-state index contributed by atoms with van der Waals surface area (Å²) >= 11 is 1.37. The van der Waals surface area contributed by atoms with Crippen LogP contribution in [0.4, 0.5) is 26.3 Å². The molecule has 0 saturated heterocycles. The van der Waals surface area contributed by atoms with Crippen LogP contribution < -0.4 is 4.74 Å². The molecule has 0 aliphatic carbocycles. The van der Waals surface area contributed by atoms with Gasteiger partial charge in [-0.15, -0.1) is 0 Å². The largest absolute Gasteiger partial charge is 0.495 e. The molecule has 1 aromatic rings. The molecule has 0 heterocycles. The van der Waals surface area contributed by atoms with Gasteiger partial charge in [-0.3, -0.25) is 0 Å². The van der Waals surface area contributed by atoms with Crippen molar-refractivity contribution < 1.29 is 31.1 Å². The molecule has 1 nitrogen and oxygen atoms in total. The van der Waals surface area contributed by atoms with E-state index < -0.39 is 29.2 Å². The predicted molar refractivity (Wildman–Crippen MR) is 55.7 cm³/mol. The summed E-state index contributed by atoms with van der Waals surface area (Å²) in [5.74, 6) is -0.605. The summed E-state index contributed by atoms with van der Waals surface area (Å²) in [5.41, 5.74) is -2.78.